The summed E-state index contributed by atoms with van der Waals surface area (Å²) < 4.78 is 0. The third-order valence-electron chi connectivity index (χ3n) is 3.42. The molecule has 2 nitrogen and oxygen atoms in total. The van der Waals surface area contributed by atoms with Crippen LogP contribution in [0.3, 0.4) is 0 Å². The monoisotopic (exact) mass is 203 g/mol. The number of rotatable bonds is 2. The smallest absolute Gasteiger partial charge is 0.0540 e. The van der Waals surface area contributed by atoms with E-state index in [0.29, 0.717) is 11.6 Å². The second-order valence-electron chi connectivity index (χ2n) is 4.33. The quantitative estimate of drug-likeness (QED) is 0.726. The molecule has 0 spiro atoms. The molecule has 1 heterocycles. The molecule has 0 aliphatic carbocycles. The predicted molar refractivity (Wildman–Crippen MR) is 63.3 cm³/mol. The van der Waals surface area contributed by atoms with Gasteiger partial charge >= 0.3 is 0 Å². The number of hydrogen-bond acceptors (Lipinski definition) is 1. The maximum atomic E-state index is 7.46. The van der Waals surface area contributed by atoms with Crippen molar-refractivity contribution >= 4 is 5.69 Å². The van der Waals surface area contributed by atoms with Crippen LogP contribution in [0.4, 0.5) is 5.69 Å². The third-order valence-corrected chi connectivity index (χ3v) is 3.42. The number of nitrogens with one attached hydrogen (secondary N) is 1. The van der Waals surface area contributed by atoms with Crippen LogP contribution < -0.4 is 5.73 Å². The van der Waals surface area contributed by atoms with Gasteiger partial charge in [0.1, 0.15) is 0 Å². The fraction of sp³-hybridized carbons (Fsp3) is 0.538. The lowest BCUT2D eigenvalue weighted by Crippen LogP contribution is -2.32. The van der Waals surface area contributed by atoms with E-state index in [1.54, 1.807) is 0 Å². The van der Waals surface area contributed by atoms with Crippen molar-refractivity contribution < 1.29 is 0 Å². The molecule has 1 aromatic rings. The van der Waals surface area contributed by atoms with E-state index in [-0.39, 0.29) is 0 Å². The van der Waals surface area contributed by atoms with Crippen molar-refractivity contribution in [2.45, 2.75) is 25.7 Å². The van der Waals surface area contributed by atoms with Crippen LogP contribution in [0.25, 0.3) is 0 Å². The average Bonchev–Trinajstić information content (AvgIpc) is 2.30. The molecule has 15 heavy (non-hydrogen) atoms. The number of benzene rings is 1. The summed E-state index contributed by atoms with van der Waals surface area (Å²) in [5.41, 5.74) is 9.49. The highest BCUT2D eigenvalue weighted by molar-refractivity contribution is 5.37. The van der Waals surface area contributed by atoms with Crippen molar-refractivity contribution in [1.82, 2.24) is 10.6 Å². The van der Waals surface area contributed by atoms with Crippen LogP contribution in [0, 0.1) is 0 Å². The molecule has 1 aromatic carbocycles. The maximum absolute atomic E-state index is 7.46. The van der Waals surface area contributed by atoms with E-state index in [2.05, 4.69) is 24.0 Å². The molecule has 0 saturated carbocycles. The highest BCUT2D eigenvalue weighted by Gasteiger charge is 2.19. The van der Waals surface area contributed by atoms with Crippen molar-refractivity contribution in [2.75, 3.05) is 19.6 Å². The summed E-state index contributed by atoms with van der Waals surface area (Å²) in [5, 5.41) is 0. The van der Waals surface area contributed by atoms with Crippen molar-refractivity contribution in [1.29, 1.82) is 0 Å². The van der Waals surface area contributed by atoms with Gasteiger partial charge in [0.15, 0.2) is 0 Å². The first-order valence-electron chi connectivity index (χ1n) is 5.83. The molecule has 2 rings (SSSR count). The number of piperidine rings is 1. The normalized spacial score (nSPS) is 19.3. The first-order valence-corrected chi connectivity index (χ1v) is 5.83. The standard InChI is InChI=1S/C13H19N2/c1-2-15-9-7-12(8-10-15)11-3-5-13(14)6-4-11/h3-6,12,14H,2,7-10H2,1H3. The summed E-state index contributed by atoms with van der Waals surface area (Å²) in [6, 6.07) is 8.05. The van der Waals surface area contributed by atoms with Crippen LogP contribution in [-0.2, 0) is 0 Å². The Labute approximate surface area is 92.1 Å². The summed E-state index contributed by atoms with van der Waals surface area (Å²) in [6.45, 7) is 5.86. The van der Waals surface area contributed by atoms with Crippen LogP contribution >= 0.6 is 0 Å². The van der Waals surface area contributed by atoms with Crippen molar-refractivity contribution in [2.24, 2.45) is 0 Å². The van der Waals surface area contributed by atoms with Gasteiger partial charge in [-0.05, 0) is 56.1 Å². The number of likely N-dealkylation sites (tertiary alicyclic amines) is 1. The zero-order chi connectivity index (χ0) is 10.7. The molecular weight excluding hydrogens is 184 g/mol. The molecule has 1 N–H and O–H groups in total. The summed E-state index contributed by atoms with van der Waals surface area (Å²) >= 11 is 0. The van der Waals surface area contributed by atoms with E-state index >= 15 is 0 Å². The molecule has 0 atom stereocenters. The van der Waals surface area contributed by atoms with Crippen LogP contribution in [0.1, 0.15) is 31.2 Å². The van der Waals surface area contributed by atoms with E-state index < -0.39 is 0 Å². The maximum Gasteiger partial charge on any atom is 0.0540 e. The first-order chi connectivity index (χ1) is 7.29. The molecule has 1 fully saturated rings. The Morgan fingerprint density at radius 2 is 1.80 bits per heavy atom. The Morgan fingerprint density at radius 3 is 2.33 bits per heavy atom. The van der Waals surface area contributed by atoms with E-state index in [1.165, 1.54) is 38.0 Å². The summed E-state index contributed by atoms with van der Waals surface area (Å²) in [5.74, 6) is 0.716. The van der Waals surface area contributed by atoms with Gasteiger partial charge in [0.2, 0.25) is 0 Å². The molecule has 1 aliphatic rings. The molecule has 1 radical (unpaired) electrons. The van der Waals surface area contributed by atoms with E-state index in [1.807, 2.05) is 12.1 Å². The molecular formula is C13H19N2. The first kappa shape index (κ1) is 10.5. The van der Waals surface area contributed by atoms with Crippen molar-refractivity contribution in [3.05, 3.63) is 29.8 Å². The van der Waals surface area contributed by atoms with E-state index in [4.69, 9.17) is 5.73 Å². The number of nitrogens with zero attached hydrogens (tertiary/aromatic N) is 1. The van der Waals surface area contributed by atoms with Gasteiger partial charge in [0, 0.05) is 0 Å². The highest BCUT2D eigenvalue weighted by Crippen LogP contribution is 2.28. The second-order valence-corrected chi connectivity index (χ2v) is 4.33. The van der Waals surface area contributed by atoms with Gasteiger partial charge in [-0.25, -0.2) is 0 Å². The van der Waals surface area contributed by atoms with Gasteiger partial charge in [-0.3, -0.25) is 0 Å². The fourth-order valence-electron chi connectivity index (χ4n) is 2.34. The van der Waals surface area contributed by atoms with Gasteiger partial charge in [-0.15, -0.1) is 0 Å². The minimum absolute atomic E-state index is 0.616. The zero-order valence-corrected chi connectivity index (χ0v) is 9.37. The van der Waals surface area contributed by atoms with Gasteiger partial charge in [0.25, 0.3) is 0 Å². The van der Waals surface area contributed by atoms with Crippen molar-refractivity contribution in [3.63, 3.8) is 0 Å². The third kappa shape index (κ3) is 2.51. The summed E-state index contributed by atoms with van der Waals surface area (Å²) in [6.07, 6.45) is 2.54. The molecule has 2 heteroatoms. The van der Waals surface area contributed by atoms with Gasteiger partial charge in [-0.2, -0.15) is 0 Å². The largest absolute Gasteiger partial charge is 0.304 e. The van der Waals surface area contributed by atoms with Gasteiger partial charge in [-0.1, -0.05) is 19.1 Å². The Kier molecular flexibility index (Phi) is 3.27. The average molecular weight is 203 g/mol. The van der Waals surface area contributed by atoms with Gasteiger partial charge < -0.3 is 10.6 Å². The van der Waals surface area contributed by atoms with Crippen LogP contribution in [0.15, 0.2) is 24.3 Å². The molecule has 1 saturated heterocycles. The predicted octanol–water partition coefficient (Wildman–Crippen LogP) is 2.80. The van der Waals surface area contributed by atoms with Crippen LogP contribution in [0.5, 0.6) is 0 Å². The molecule has 1 aliphatic heterocycles. The highest BCUT2D eigenvalue weighted by atomic mass is 15.1. The number of hydrogen-bond donors (Lipinski definition) is 0. The minimum Gasteiger partial charge on any atom is -0.304 e. The lowest BCUT2D eigenvalue weighted by atomic mass is 9.89. The topological polar surface area (TPSA) is 27.0 Å². The lowest BCUT2D eigenvalue weighted by molar-refractivity contribution is 0.222. The lowest BCUT2D eigenvalue weighted by Gasteiger charge is -2.31. The van der Waals surface area contributed by atoms with Crippen LogP contribution in [-0.4, -0.2) is 24.5 Å². The Bertz CT molecular complexity index is 297. The molecule has 0 bridgehead atoms. The fourth-order valence-corrected chi connectivity index (χ4v) is 2.34. The van der Waals surface area contributed by atoms with E-state index in [0.717, 1.165) is 0 Å². The van der Waals surface area contributed by atoms with Crippen molar-refractivity contribution in [3.8, 4) is 0 Å². The molecule has 0 aromatic heterocycles. The zero-order valence-electron chi connectivity index (χ0n) is 9.37. The Hall–Kier alpha value is -1.02. The molecule has 81 valence electrons. The molecule has 0 unspecified atom stereocenters. The minimum atomic E-state index is 0.616. The molecule has 0 amide bonds. The van der Waals surface area contributed by atoms with Gasteiger partial charge in [0.05, 0.1) is 5.69 Å². The Morgan fingerprint density at radius 1 is 1.20 bits per heavy atom. The van der Waals surface area contributed by atoms with Crippen LogP contribution in [0.2, 0.25) is 0 Å². The SMILES string of the molecule is CCN1CCC(c2ccc([NH])cc2)CC1. The second kappa shape index (κ2) is 4.67. The van der Waals surface area contributed by atoms with E-state index in [9.17, 15) is 0 Å². The Balaban J connectivity index is 1.98. The summed E-state index contributed by atoms with van der Waals surface area (Å²) in [4.78, 5) is 2.51. The summed E-state index contributed by atoms with van der Waals surface area (Å²) in [7, 11) is 0.